The minimum absolute atomic E-state index is 0. The number of ether oxygens (including phenoxy) is 1. The fourth-order valence-corrected chi connectivity index (χ4v) is 2.59. The van der Waals surface area contributed by atoms with Gasteiger partial charge >= 0.3 is 45.9 Å². The average molecular weight is 465 g/mol. The Kier molecular flexibility index (Phi) is 29.1. The molecule has 0 aromatic carbocycles. The quantitative estimate of drug-likeness (QED) is 0.0845. The molecule has 0 aliphatic carbocycles. The van der Waals surface area contributed by atoms with E-state index in [0.29, 0.717) is 6.42 Å². The van der Waals surface area contributed by atoms with Gasteiger partial charge < -0.3 is 14.9 Å². The molecule has 0 fully saturated rings. The zero-order valence-electron chi connectivity index (χ0n) is 17.7. The second kappa shape index (κ2) is 25.3. The van der Waals surface area contributed by atoms with Gasteiger partial charge in [0.25, 0.3) is 0 Å². The molecule has 0 unspecified atom stereocenters. The van der Waals surface area contributed by atoms with Crippen molar-refractivity contribution in [2.45, 2.75) is 96.5 Å². The molecule has 0 saturated carbocycles. The predicted octanol–water partition coefficient (Wildman–Crippen LogP) is 3.23. The van der Waals surface area contributed by atoms with E-state index < -0.39 is 10.4 Å². The number of esters is 1. The Morgan fingerprint density at radius 1 is 0.967 bits per heavy atom. The van der Waals surface area contributed by atoms with Gasteiger partial charge in [-0.25, -0.2) is 0 Å². The summed E-state index contributed by atoms with van der Waals surface area (Å²) in [6, 6.07) is 0. The van der Waals surface area contributed by atoms with Crippen LogP contribution in [-0.4, -0.2) is 82.6 Å². The molecule has 4 N–H and O–H groups in total. The van der Waals surface area contributed by atoms with Gasteiger partial charge in [0.15, 0.2) is 0 Å². The van der Waals surface area contributed by atoms with Crippen LogP contribution in [0.15, 0.2) is 12.2 Å². The van der Waals surface area contributed by atoms with Crippen molar-refractivity contribution in [1.82, 2.24) is 0 Å². The van der Waals surface area contributed by atoms with Gasteiger partial charge in [-0.15, -0.1) is 0 Å². The van der Waals surface area contributed by atoms with Crippen LogP contribution in [0.25, 0.3) is 0 Å². The summed E-state index contributed by atoms with van der Waals surface area (Å²) in [4.78, 5) is 11.2. The second-order valence-corrected chi connectivity index (χ2v) is 7.80. The molecule has 0 bridgehead atoms. The zero-order chi connectivity index (χ0) is 22.4. The van der Waals surface area contributed by atoms with E-state index in [1.807, 2.05) is 0 Å². The Morgan fingerprint density at radius 3 is 2.13 bits per heavy atom. The summed E-state index contributed by atoms with van der Waals surface area (Å²) in [5.74, 6) is -0.208. The molecular weight excluding hydrogens is 423 g/mol. The summed E-state index contributed by atoms with van der Waals surface area (Å²) in [5, 5.41) is 18.4. The maximum atomic E-state index is 11.2. The van der Waals surface area contributed by atoms with Crippen molar-refractivity contribution in [2.75, 3.05) is 13.2 Å². The molecule has 0 saturated heterocycles. The molecular formula is C20H41NaO8S. The van der Waals surface area contributed by atoms with E-state index in [1.54, 1.807) is 0 Å². The van der Waals surface area contributed by atoms with Crippen molar-refractivity contribution in [3.05, 3.63) is 12.2 Å². The molecule has 0 radical (unpaired) electrons. The Bertz CT molecular complexity index is 489. The van der Waals surface area contributed by atoms with Crippen LogP contribution in [0.2, 0.25) is 0 Å². The summed E-state index contributed by atoms with van der Waals surface area (Å²) < 4.78 is 36.4. The molecule has 0 spiro atoms. The van der Waals surface area contributed by atoms with Crippen molar-refractivity contribution in [3.63, 3.8) is 0 Å². The molecule has 0 aromatic rings. The first kappa shape index (κ1) is 34.6. The van der Waals surface area contributed by atoms with E-state index in [-0.39, 0.29) is 54.8 Å². The summed E-state index contributed by atoms with van der Waals surface area (Å²) in [6.07, 6.45) is 17.6. The SMILES string of the molecule is CCCCCC[C@@H](O)C/C=C\CCCCCCCC(=O)OCCO.O=S(=O)(O)O.[NaH]. The normalized spacial score (nSPS) is 12.0. The average Bonchev–Trinajstić information content (AvgIpc) is 2.63. The number of carbonyl (C=O) groups is 1. The van der Waals surface area contributed by atoms with Gasteiger partial charge in [-0.05, 0) is 32.1 Å². The number of carbonyl (C=O) groups excluding carboxylic acids is 1. The van der Waals surface area contributed by atoms with Gasteiger partial charge in [-0.3, -0.25) is 13.9 Å². The zero-order valence-corrected chi connectivity index (χ0v) is 18.5. The first-order valence-corrected chi connectivity index (χ1v) is 11.9. The van der Waals surface area contributed by atoms with Crippen LogP contribution in [0.5, 0.6) is 0 Å². The van der Waals surface area contributed by atoms with Gasteiger partial charge in [0.2, 0.25) is 0 Å². The van der Waals surface area contributed by atoms with Crippen molar-refractivity contribution in [3.8, 4) is 0 Å². The summed E-state index contributed by atoms with van der Waals surface area (Å²) >= 11 is 0. The van der Waals surface area contributed by atoms with Crippen LogP contribution in [0.1, 0.15) is 90.4 Å². The molecule has 0 aromatic heterocycles. The Balaban J connectivity index is -0.00000108. The van der Waals surface area contributed by atoms with Crippen LogP contribution in [0.4, 0.5) is 0 Å². The van der Waals surface area contributed by atoms with Gasteiger partial charge in [-0.1, -0.05) is 64.0 Å². The van der Waals surface area contributed by atoms with Crippen molar-refractivity contribution >= 4 is 45.9 Å². The number of hydrogen-bond donors (Lipinski definition) is 4. The molecule has 0 amide bonds. The number of rotatable bonds is 17. The molecule has 0 aliphatic heterocycles. The molecule has 176 valence electrons. The van der Waals surface area contributed by atoms with Gasteiger partial charge in [-0.2, -0.15) is 8.42 Å². The van der Waals surface area contributed by atoms with Gasteiger partial charge in [0.05, 0.1) is 12.7 Å². The standard InChI is InChI=1S/C20H38O4.Na.H2O4S.H/c1-2-3-4-11-14-19(22)15-12-9-7-5-6-8-10-13-16-20(23)24-18-17-21;;1-5(2,3)4;/h9,12,19,21-22H,2-8,10-11,13-18H2,1H3;;(H2,1,2,3,4);/b12-9-;;;/t19-;;;/m1.../s1. The number of hydrogen-bond acceptors (Lipinski definition) is 6. The topological polar surface area (TPSA) is 141 Å². The Morgan fingerprint density at radius 2 is 1.53 bits per heavy atom. The first-order chi connectivity index (χ1) is 13.7. The van der Waals surface area contributed by atoms with Gasteiger partial charge in [0, 0.05) is 6.42 Å². The van der Waals surface area contributed by atoms with Crippen LogP contribution >= 0.6 is 0 Å². The number of allylic oxidation sites excluding steroid dienone is 1. The van der Waals surface area contributed by atoms with E-state index >= 15 is 0 Å². The van der Waals surface area contributed by atoms with Crippen LogP contribution < -0.4 is 0 Å². The van der Waals surface area contributed by atoms with E-state index in [0.717, 1.165) is 51.4 Å². The summed E-state index contributed by atoms with van der Waals surface area (Å²) in [7, 11) is -4.67. The third-order valence-electron chi connectivity index (χ3n) is 4.07. The third kappa shape index (κ3) is 38.6. The summed E-state index contributed by atoms with van der Waals surface area (Å²) in [5.41, 5.74) is 0. The van der Waals surface area contributed by atoms with E-state index in [9.17, 15) is 9.90 Å². The van der Waals surface area contributed by atoms with Crippen molar-refractivity contribution in [2.24, 2.45) is 0 Å². The van der Waals surface area contributed by atoms with Crippen LogP contribution in [0.3, 0.4) is 0 Å². The molecule has 0 aliphatic rings. The Labute approximate surface area is 204 Å². The third-order valence-corrected chi connectivity index (χ3v) is 4.07. The predicted molar refractivity (Wildman–Crippen MR) is 120 cm³/mol. The Hall–Kier alpha value is -0.000000000000000222. The monoisotopic (exact) mass is 464 g/mol. The number of aliphatic hydroxyl groups is 2. The van der Waals surface area contributed by atoms with E-state index in [2.05, 4.69) is 19.1 Å². The fourth-order valence-electron chi connectivity index (χ4n) is 2.59. The molecule has 30 heavy (non-hydrogen) atoms. The fraction of sp³-hybridized carbons (Fsp3) is 0.850. The van der Waals surface area contributed by atoms with Crippen LogP contribution in [0, 0.1) is 0 Å². The molecule has 1 atom stereocenters. The number of unbranched alkanes of at least 4 members (excludes halogenated alkanes) is 8. The summed E-state index contributed by atoms with van der Waals surface area (Å²) in [6.45, 7) is 2.21. The second-order valence-electron chi connectivity index (χ2n) is 6.91. The minimum atomic E-state index is -4.67. The molecule has 8 nitrogen and oxygen atoms in total. The van der Waals surface area contributed by atoms with Crippen LogP contribution in [-0.2, 0) is 19.9 Å². The van der Waals surface area contributed by atoms with E-state index in [4.69, 9.17) is 27.4 Å². The van der Waals surface area contributed by atoms with E-state index in [1.165, 1.54) is 25.7 Å². The van der Waals surface area contributed by atoms with Crippen molar-refractivity contribution in [1.29, 1.82) is 0 Å². The van der Waals surface area contributed by atoms with Crippen molar-refractivity contribution < 1.29 is 37.3 Å². The molecule has 0 rings (SSSR count). The number of aliphatic hydroxyl groups excluding tert-OH is 2. The molecule has 0 heterocycles. The maximum absolute atomic E-state index is 11.2. The first-order valence-electron chi connectivity index (χ1n) is 10.5. The van der Waals surface area contributed by atoms with Gasteiger partial charge in [0.1, 0.15) is 6.61 Å². The molecule has 10 heteroatoms.